The lowest BCUT2D eigenvalue weighted by atomic mass is 10.2. The minimum Gasteiger partial charge on any atom is -0.370 e. The van der Waals surface area contributed by atoms with Crippen LogP contribution in [0.2, 0.25) is 0 Å². The van der Waals surface area contributed by atoms with Crippen molar-refractivity contribution in [2.75, 3.05) is 36.0 Å². The van der Waals surface area contributed by atoms with Crippen LogP contribution in [-0.4, -0.2) is 41.3 Å². The summed E-state index contributed by atoms with van der Waals surface area (Å²) in [4.78, 5) is 13.5. The molecule has 0 bridgehead atoms. The number of rotatable bonds is 3. The largest absolute Gasteiger partial charge is 0.370 e. The molecule has 0 saturated carbocycles. The van der Waals surface area contributed by atoms with Gasteiger partial charge >= 0.3 is 0 Å². The SMILES string of the molecule is Cc1cc(N2CCCN(c3noc(-c4ccccc4)n3)CC2)ccn1. The fourth-order valence-corrected chi connectivity index (χ4v) is 3.15. The maximum atomic E-state index is 5.45. The Kier molecular flexibility index (Phi) is 4.33. The van der Waals surface area contributed by atoms with E-state index >= 15 is 0 Å². The van der Waals surface area contributed by atoms with Gasteiger partial charge in [-0.05, 0) is 42.8 Å². The lowest BCUT2D eigenvalue weighted by Gasteiger charge is -2.23. The molecule has 0 atom stereocenters. The van der Waals surface area contributed by atoms with Crippen molar-refractivity contribution in [1.29, 1.82) is 0 Å². The van der Waals surface area contributed by atoms with E-state index < -0.39 is 0 Å². The second-order valence-corrected chi connectivity index (χ2v) is 6.25. The topological polar surface area (TPSA) is 58.3 Å². The molecule has 0 N–H and O–H groups in total. The summed E-state index contributed by atoms with van der Waals surface area (Å²) in [5, 5.41) is 4.18. The molecule has 4 rings (SSSR count). The molecule has 0 unspecified atom stereocenters. The highest BCUT2D eigenvalue weighted by molar-refractivity contribution is 5.54. The van der Waals surface area contributed by atoms with Crippen molar-refractivity contribution in [3.8, 4) is 11.5 Å². The Balaban J connectivity index is 1.47. The first-order valence-electron chi connectivity index (χ1n) is 8.61. The number of pyridine rings is 1. The van der Waals surface area contributed by atoms with E-state index in [4.69, 9.17) is 4.52 Å². The summed E-state index contributed by atoms with van der Waals surface area (Å²) in [7, 11) is 0. The van der Waals surface area contributed by atoms with E-state index in [1.165, 1.54) is 5.69 Å². The Bertz CT molecular complexity index is 833. The third-order valence-electron chi connectivity index (χ3n) is 4.46. The second kappa shape index (κ2) is 6.93. The molecule has 1 saturated heterocycles. The number of aryl methyl sites for hydroxylation is 1. The molecule has 0 amide bonds. The molecule has 2 aromatic heterocycles. The summed E-state index contributed by atoms with van der Waals surface area (Å²) >= 11 is 0. The lowest BCUT2D eigenvalue weighted by molar-refractivity contribution is 0.429. The quantitative estimate of drug-likeness (QED) is 0.733. The molecule has 128 valence electrons. The van der Waals surface area contributed by atoms with Crippen LogP contribution in [0.25, 0.3) is 11.5 Å². The molecule has 6 nitrogen and oxygen atoms in total. The number of aromatic nitrogens is 3. The Morgan fingerprint density at radius 1 is 0.960 bits per heavy atom. The predicted octanol–water partition coefficient (Wildman–Crippen LogP) is 3.16. The molecular formula is C19H21N5O. The second-order valence-electron chi connectivity index (χ2n) is 6.25. The summed E-state index contributed by atoms with van der Waals surface area (Å²) in [6.45, 7) is 5.77. The molecule has 0 spiro atoms. The molecule has 1 aliphatic rings. The zero-order valence-corrected chi connectivity index (χ0v) is 14.3. The molecule has 6 heteroatoms. The Morgan fingerprint density at radius 3 is 2.60 bits per heavy atom. The van der Waals surface area contributed by atoms with Crippen LogP contribution < -0.4 is 9.80 Å². The van der Waals surface area contributed by atoms with Gasteiger partial charge in [-0.25, -0.2) is 0 Å². The molecule has 0 radical (unpaired) electrons. The van der Waals surface area contributed by atoms with Crippen molar-refractivity contribution in [2.45, 2.75) is 13.3 Å². The molecule has 3 heterocycles. The van der Waals surface area contributed by atoms with E-state index in [1.54, 1.807) is 0 Å². The van der Waals surface area contributed by atoms with Gasteiger partial charge in [0.25, 0.3) is 11.8 Å². The normalized spacial score (nSPS) is 15.2. The summed E-state index contributed by atoms with van der Waals surface area (Å²) in [5.41, 5.74) is 3.22. The third-order valence-corrected chi connectivity index (χ3v) is 4.46. The van der Waals surface area contributed by atoms with Gasteiger partial charge in [0.05, 0.1) is 0 Å². The number of benzene rings is 1. The Morgan fingerprint density at radius 2 is 1.76 bits per heavy atom. The maximum Gasteiger partial charge on any atom is 0.266 e. The van der Waals surface area contributed by atoms with Crippen LogP contribution in [0.5, 0.6) is 0 Å². The zero-order valence-electron chi connectivity index (χ0n) is 14.3. The van der Waals surface area contributed by atoms with Gasteiger partial charge in [0.2, 0.25) is 0 Å². The van der Waals surface area contributed by atoms with Crippen LogP contribution in [-0.2, 0) is 0 Å². The fourth-order valence-electron chi connectivity index (χ4n) is 3.15. The smallest absolute Gasteiger partial charge is 0.266 e. The van der Waals surface area contributed by atoms with Crippen molar-refractivity contribution in [3.63, 3.8) is 0 Å². The Hall–Kier alpha value is -2.89. The van der Waals surface area contributed by atoms with Crippen molar-refractivity contribution in [3.05, 3.63) is 54.4 Å². The van der Waals surface area contributed by atoms with Gasteiger partial charge in [-0.1, -0.05) is 18.2 Å². The third kappa shape index (κ3) is 3.47. The van der Waals surface area contributed by atoms with Crippen LogP contribution in [0.3, 0.4) is 0 Å². The van der Waals surface area contributed by atoms with Crippen LogP contribution in [0.15, 0.2) is 53.2 Å². The molecule has 25 heavy (non-hydrogen) atoms. The van der Waals surface area contributed by atoms with Crippen LogP contribution in [0.4, 0.5) is 11.6 Å². The predicted molar refractivity (Wildman–Crippen MR) is 97.8 cm³/mol. The average Bonchev–Trinajstić information content (AvgIpc) is 3.01. The maximum absolute atomic E-state index is 5.45. The first-order valence-corrected chi connectivity index (χ1v) is 8.61. The highest BCUT2D eigenvalue weighted by Crippen LogP contribution is 2.22. The highest BCUT2D eigenvalue weighted by atomic mass is 16.5. The number of nitrogens with zero attached hydrogens (tertiary/aromatic N) is 5. The average molecular weight is 335 g/mol. The highest BCUT2D eigenvalue weighted by Gasteiger charge is 2.20. The van der Waals surface area contributed by atoms with E-state index in [1.807, 2.05) is 43.5 Å². The van der Waals surface area contributed by atoms with Crippen molar-refractivity contribution >= 4 is 11.6 Å². The fraction of sp³-hybridized carbons (Fsp3) is 0.316. The van der Waals surface area contributed by atoms with Crippen molar-refractivity contribution in [2.24, 2.45) is 0 Å². The minimum absolute atomic E-state index is 0.571. The van der Waals surface area contributed by atoms with Gasteiger partial charge in [0.1, 0.15) is 0 Å². The Labute approximate surface area is 147 Å². The van der Waals surface area contributed by atoms with Crippen LogP contribution in [0.1, 0.15) is 12.1 Å². The number of anilines is 2. The molecule has 1 fully saturated rings. The monoisotopic (exact) mass is 335 g/mol. The molecule has 1 aliphatic heterocycles. The van der Waals surface area contributed by atoms with Gasteiger partial charge in [-0.3, -0.25) is 4.98 Å². The minimum atomic E-state index is 0.571. The number of hydrogen-bond acceptors (Lipinski definition) is 6. The van der Waals surface area contributed by atoms with E-state index in [0.29, 0.717) is 11.8 Å². The zero-order chi connectivity index (χ0) is 17.1. The summed E-state index contributed by atoms with van der Waals surface area (Å²) in [6, 6.07) is 14.1. The van der Waals surface area contributed by atoms with Crippen molar-refractivity contribution < 1.29 is 4.52 Å². The first kappa shape index (κ1) is 15.6. The van der Waals surface area contributed by atoms with Gasteiger partial charge in [-0.2, -0.15) is 4.98 Å². The van der Waals surface area contributed by atoms with Gasteiger partial charge < -0.3 is 14.3 Å². The molecule has 3 aromatic rings. The summed E-state index contributed by atoms with van der Waals surface area (Å²) < 4.78 is 5.45. The van der Waals surface area contributed by atoms with Gasteiger partial charge in [0.15, 0.2) is 0 Å². The summed E-state index contributed by atoms with van der Waals surface area (Å²) in [5.74, 6) is 1.24. The molecule has 0 aliphatic carbocycles. The molecule has 1 aromatic carbocycles. The number of hydrogen-bond donors (Lipinski definition) is 0. The van der Waals surface area contributed by atoms with E-state index in [9.17, 15) is 0 Å². The molecular weight excluding hydrogens is 314 g/mol. The van der Waals surface area contributed by atoms with E-state index in [0.717, 1.165) is 43.9 Å². The van der Waals surface area contributed by atoms with Crippen LogP contribution >= 0.6 is 0 Å². The van der Waals surface area contributed by atoms with Crippen molar-refractivity contribution in [1.82, 2.24) is 15.1 Å². The standard InChI is InChI=1S/C19H21N5O/c1-15-14-17(8-9-20-15)23-10-5-11-24(13-12-23)19-21-18(25-22-19)16-6-3-2-4-7-16/h2-4,6-9,14H,5,10-13H2,1H3. The van der Waals surface area contributed by atoms with Gasteiger partial charge in [-0.15, -0.1) is 0 Å². The first-order chi connectivity index (χ1) is 12.3. The van der Waals surface area contributed by atoms with Gasteiger partial charge in [0, 0.05) is 49.3 Å². The van der Waals surface area contributed by atoms with E-state index in [-0.39, 0.29) is 0 Å². The summed E-state index contributed by atoms with van der Waals surface area (Å²) in [6.07, 6.45) is 2.93. The van der Waals surface area contributed by atoms with Crippen LogP contribution in [0, 0.1) is 6.92 Å². The lowest BCUT2D eigenvalue weighted by Crippen LogP contribution is -2.31. The van der Waals surface area contributed by atoms with E-state index in [2.05, 4.69) is 37.1 Å².